The summed E-state index contributed by atoms with van der Waals surface area (Å²) in [5, 5.41) is 0. The molecule has 1 aromatic carbocycles. The average Bonchev–Trinajstić information content (AvgIpc) is 2.99. The van der Waals surface area contributed by atoms with Gasteiger partial charge in [0.15, 0.2) is 11.5 Å². The highest BCUT2D eigenvalue weighted by Gasteiger charge is 2.31. The predicted molar refractivity (Wildman–Crippen MR) is 92.8 cm³/mol. The molecule has 1 saturated heterocycles. The van der Waals surface area contributed by atoms with Gasteiger partial charge in [-0.25, -0.2) is 0 Å². The number of likely N-dealkylation sites (tertiary alicyclic amines) is 1. The second kappa shape index (κ2) is 8.24. The zero-order valence-electron chi connectivity index (χ0n) is 15.0. The van der Waals surface area contributed by atoms with Crippen molar-refractivity contribution >= 4 is 5.91 Å². The first-order valence-corrected chi connectivity index (χ1v) is 8.32. The van der Waals surface area contributed by atoms with Crippen molar-refractivity contribution in [2.45, 2.75) is 32.2 Å². The van der Waals surface area contributed by atoms with Gasteiger partial charge in [0.1, 0.15) is 0 Å². The molecule has 1 amide bonds. The highest BCUT2D eigenvalue weighted by molar-refractivity contribution is 5.77. The van der Waals surface area contributed by atoms with E-state index < -0.39 is 0 Å². The Morgan fingerprint density at radius 3 is 2.29 bits per heavy atom. The van der Waals surface area contributed by atoms with Crippen molar-refractivity contribution in [3.8, 4) is 17.2 Å². The molecular formula is C18H28N2O4. The van der Waals surface area contributed by atoms with Gasteiger partial charge >= 0.3 is 0 Å². The second-order valence-corrected chi connectivity index (χ2v) is 6.27. The monoisotopic (exact) mass is 336 g/mol. The summed E-state index contributed by atoms with van der Waals surface area (Å²) < 4.78 is 16.0. The van der Waals surface area contributed by atoms with Gasteiger partial charge in [0.25, 0.3) is 0 Å². The maximum atomic E-state index is 12.5. The first-order valence-electron chi connectivity index (χ1n) is 8.32. The number of benzene rings is 1. The van der Waals surface area contributed by atoms with Crippen LogP contribution in [-0.4, -0.2) is 51.3 Å². The number of hydrogen-bond donors (Lipinski definition) is 1. The minimum atomic E-state index is 0.173. The van der Waals surface area contributed by atoms with E-state index in [1.165, 1.54) is 0 Å². The lowest BCUT2D eigenvalue weighted by Crippen LogP contribution is -2.34. The largest absolute Gasteiger partial charge is 0.493 e. The maximum Gasteiger partial charge on any atom is 0.223 e. The number of carbonyl (C=O) groups excluding carboxylic acids is 1. The molecular weight excluding hydrogens is 308 g/mol. The average molecular weight is 336 g/mol. The zero-order chi connectivity index (χ0) is 17.7. The van der Waals surface area contributed by atoms with Crippen molar-refractivity contribution < 1.29 is 19.0 Å². The molecule has 1 heterocycles. The summed E-state index contributed by atoms with van der Waals surface area (Å²) >= 11 is 0. The lowest BCUT2D eigenvalue weighted by atomic mass is 10.1. The summed E-state index contributed by atoms with van der Waals surface area (Å²) in [6.07, 6.45) is 2.08. The van der Waals surface area contributed by atoms with Crippen LogP contribution in [0.2, 0.25) is 0 Å². The molecule has 6 heteroatoms. The molecule has 0 aliphatic carbocycles. The number of hydrogen-bond acceptors (Lipinski definition) is 5. The number of nitrogens with zero attached hydrogens (tertiary/aromatic N) is 1. The molecule has 6 nitrogen and oxygen atoms in total. The van der Waals surface area contributed by atoms with Gasteiger partial charge in [-0.3, -0.25) is 4.79 Å². The summed E-state index contributed by atoms with van der Waals surface area (Å²) in [4.78, 5) is 14.5. The SMILES string of the molecule is COc1cc(CCC(=O)N2CC(CN)CC2C)cc(OC)c1OC. The number of aryl methyl sites for hydroxylation is 1. The Hall–Kier alpha value is -1.95. The van der Waals surface area contributed by atoms with Crippen LogP contribution in [0, 0.1) is 5.92 Å². The van der Waals surface area contributed by atoms with Crippen molar-refractivity contribution in [1.82, 2.24) is 4.90 Å². The first kappa shape index (κ1) is 18.4. The van der Waals surface area contributed by atoms with E-state index in [1.54, 1.807) is 21.3 Å². The lowest BCUT2D eigenvalue weighted by molar-refractivity contribution is -0.131. The summed E-state index contributed by atoms with van der Waals surface area (Å²) in [7, 11) is 4.75. The summed E-state index contributed by atoms with van der Waals surface area (Å²) in [6, 6.07) is 4.06. The summed E-state index contributed by atoms with van der Waals surface area (Å²) in [6.45, 7) is 3.50. The van der Waals surface area contributed by atoms with Crippen LogP contribution in [0.3, 0.4) is 0 Å². The smallest absolute Gasteiger partial charge is 0.223 e. The molecule has 0 aromatic heterocycles. The summed E-state index contributed by atoms with van der Waals surface area (Å²) in [5.41, 5.74) is 6.72. The Labute approximate surface area is 143 Å². The molecule has 1 aromatic rings. The number of methoxy groups -OCH3 is 3. The van der Waals surface area contributed by atoms with Crippen LogP contribution >= 0.6 is 0 Å². The van der Waals surface area contributed by atoms with Gasteiger partial charge in [0.05, 0.1) is 21.3 Å². The third-order valence-electron chi connectivity index (χ3n) is 4.67. The van der Waals surface area contributed by atoms with Crippen molar-refractivity contribution in [1.29, 1.82) is 0 Å². The highest BCUT2D eigenvalue weighted by Crippen LogP contribution is 2.38. The predicted octanol–water partition coefficient (Wildman–Crippen LogP) is 1.84. The standard InChI is InChI=1S/C18H28N2O4/c1-12-7-14(10-19)11-20(12)17(21)6-5-13-8-15(22-2)18(24-4)16(9-13)23-3/h8-9,12,14H,5-7,10-11,19H2,1-4H3. The lowest BCUT2D eigenvalue weighted by Gasteiger charge is -2.21. The third-order valence-corrected chi connectivity index (χ3v) is 4.67. The van der Waals surface area contributed by atoms with Crippen molar-refractivity contribution in [3.05, 3.63) is 17.7 Å². The molecule has 0 radical (unpaired) electrons. The number of amides is 1. The van der Waals surface area contributed by atoms with E-state index in [9.17, 15) is 4.79 Å². The van der Waals surface area contributed by atoms with Crippen LogP contribution in [-0.2, 0) is 11.2 Å². The normalized spacial score (nSPS) is 20.1. The molecule has 1 aliphatic rings. The van der Waals surface area contributed by atoms with Gasteiger partial charge in [0, 0.05) is 19.0 Å². The van der Waals surface area contributed by atoms with Crippen LogP contribution in [0.15, 0.2) is 12.1 Å². The molecule has 2 atom stereocenters. The molecule has 1 aliphatic heterocycles. The second-order valence-electron chi connectivity index (χ2n) is 6.27. The van der Waals surface area contributed by atoms with Gasteiger partial charge in [-0.15, -0.1) is 0 Å². The molecule has 0 saturated carbocycles. The highest BCUT2D eigenvalue weighted by atomic mass is 16.5. The molecule has 2 N–H and O–H groups in total. The van der Waals surface area contributed by atoms with Crippen LogP contribution < -0.4 is 19.9 Å². The quantitative estimate of drug-likeness (QED) is 0.822. The molecule has 24 heavy (non-hydrogen) atoms. The molecule has 134 valence electrons. The van der Waals surface area contributed by atoms with E-state index in [-0.39, 0.29) is 11.9 Å². The van der Waals surface area contributed by atoms with Crippen LogP contribution in [0.25, 0.3) is 0 Å². The Bertz CT molecular complexity index is 551. The molecule has 2 unspecified atom stereocenters. The van der Waals surface area contributed by atoms with E-state index in [0.717, 1.165) is 18.5 Å². The maximum absolute atomic E-state index is 12.5. The van der Waals surface area contributed by atoms with E-state index >= 15 is 0 Å². The van der Waals surface area contributed by atoms with Crippen molar-refractivity contribution in [2.24, 2.45) is 11.7 Å². The Balaban J connectivity index is 2.05. The van der Waals surface area contributed by atoms with E-state index in [2.05, 4.69) is 6.92 Å². The summed E-state index contributed by atoms with van der Waals surface area (Å²) in [5.74, 6) is 2.38. The Kier molecular flexibility index (Phi) is 6.31. The zero-order valence-corrected chi connectivity index (χ0v) is 15.0. The van der Waals surface area contributed by atoms with Gasteiger partial charge < -0.3 is 24.8 Å². The van der Waals surface area contributed by atoms with Gasteiger partial charge in [-0.05, 0) is 49.9 Å². The Morgan fingerprint density at radius 2 is 1.83 bits per heavy atom. The number of carbonyl (C=O) groups is 1. The van der Waals surface area contributed by atoms with E-state index in [0.29, 0.717) is 42.6 Å². The molecule has 2 rings (SSSR count). The first-order chi connectivity index (χ1) is 11.5. The number of rotatable bonds is 7. The van der Waals surface area contributed by atoms with Gasteiger partial charge in [0.2, 0.25) is 11.7 Å². The van der Waals surface area contributed by atoms with Crippen LogP contribution in [0.1, 0.15) is 25.3 Å². The Morgan fingerprint density at radius 1 is 1.21 bits per heavy atom. The fourth-order valence-corrected chi connectivity index (χ4v) is 3.34. The fourth-order valence-electron chi connectivity index (χ4n) is 3.34. The number of nitrogens with two attached hydrogens (primary N) is 1. The molecule has 0 bridgehead atoms. The van der Waals surface area contributed by atoms with Gasteiger partial charge in [-0.1, -0.05) is 0 Å². The van der Waals surface area contributed by atoms with Crippen LogP contribution in [0.4, 0.5) is 0 Å². The topological polar surface area (TPSA) is 74.0 Å². The van der Waals surface area contributed by atoms with E-state index in [4.69, 9.17) is 19.9 Å². The third kappa shape index (κ3) is 3.93. The van der Waals surface area contributed by atoms with Crippen molar-refractivity contribution in [3.63, 3.8) is 0 Å². The van der Waals surface area contributed by atoms with Crippen molar-refractivity contribution in [2.75, 3.05) is 34.4 Å². The fraction of sp³-hybridized carbons (Fsp3) is 0.611. The minimum Gasteiger partial charge on any atom is -0.493 e. The molecule has 1 fully saturated rings. The van der Waals surface area contributed by atoms with Crippen LogP contribution in [0.5, 0.6) is 17.2 Å². The van der Waals surface area contributed by atoms with Gasteiger partial charge in [-0.2, -0.15) is 0 Å². The molecule has 0 spiro atoms. The minimum absolute atomic E-state index is 0.173. The number of ether oxygens (including phenoxy) is 3. The van der Waals surface area contributed by atoms with E-state index in [1.807, 2.05) is 17.0 Å².